The number of aryl methyl sites for hydroxylation is 1. The highest BCUT2D eigenvalue weighted by molar-refractivity contribution is 5.88. The van der Waals surface area contributed by atoms with Gasteiger partial charge in [0.05, 0.1) is 6.42 Å². The van der Waals surface area contributed by atoms with Gasteiger partial charge in [0.1, 0.15) is 0 Å². The third-order valence-corrected chi connectivity index (χ3v) is 4.62. The summed E-state index contributed by atoms with van der Waals surface area (Å²) < 4.78 is 0. The molecule has 0 fully saturated rings. The van der Waals surface area contributed by atoms with E-state index in [0.29, 0.717) is 13.0 Å². The summed E-state index contributed by atoms with van der Waals surface area (Å²) in [4.78, 5) is 25.5. The standard InChI is InChI=1S/C21H25N3O2/c1-15(25)23-19-8-5-16(6-9-19)13-21(26)22-14-17-7-10-20-18(12-17)4-3-11-24(20)2/h5-10,12H,3-4,11,13-14H2,1-2H3,(H,22,26)(H,23,25). The minimum absolute atomic E-state index is 0.00730. The predicted molar refractivity (Wildman–Crippen MR) is 104 cm³/mol. The van der Waals surface area contributed by atoms with E-state index in [1.807, 2.05) is 24.3 Å². The van der Waals surface area contributed by atoms with Crippen LogP contribution in [0, 0.1) is 0 Å². The summed E-state index contributed by atoms with van der Waals surface area (Å²) in [6, 6.07) is 13.8. The molecular formula is C21H25N3O2. The normalized spacial score (nSPS) is 13.1. The molecule has 1 aliphatic heterocycles. The summed E-state index contributed by atoms with van der Waals surface area (Å²) in [5, 5.41) is 5.71. The first kappa shape index (κ1) is 18.0. The van der Waals surface area contributed by atoms with E-state index in [1.165, 1.54) is 24.6 Å². The zero-order valence-corrected chi connectivity index (χ0v) is 15.3. The lowest BCUT2D eigenvalue weighted by Crippen LogP contribution is -2.26. The fourth-order valence-corrected chi connectivity index (χ4v) is 3.31. The molecule has 0 saturated carbocycles. The van der Waals surface area contributed by atoms with Crippen molar-refractivity contribution in [1.82, 2.24) is 5.32 Å². The molecule has 0 atom stereocenters. The molecule has 0 unspecified atom stereocenters. The molecule has 2 amide bonds. The van der Waals surface area contributed by atoms with Crippen LogP contribution in [0.3, 0.4) is 0 Å². The number of hydrogen-bond donors (Lipinski definition) is 2. The van der Waals surface area contributed by atoms with Crippen molar-refractivity contribution in [2.45, 2.75) is 32.7 Å². The molecular weight excluding hydrogens is 326 g/mol. The molecule has 2 aromatic carbocycles. The average Bonchev–Trinajstić information content (AvgIpc) is 2.61. The maximum absolute atomic E-state index is 12.2. The minimum Gasteiger partial charge on any atom is -0.374 e. The van der Waals surface area contributed by atoms with Crippen molar-refractivity contribution >= 4 is 23.2 Å². The smallest absolute Gasteiger partial charge is 0.224 e. The van der Waals surface area contributed by atoms with Crippen LogP contribution in [-0.4, -0.2) is 25.4 Å². The Morgan fingerprint density at radius 2 is 1.81 bits per heavy atom. The Hall–Kier alpha value is -2.82. The maximum Gasteiger partial charge on any atom is 0.224 e. The number of carbonyl (C=O) groups is 2. The van der Waals surface area contributed by atoms with Gasteiger partial charge in [-0.2, -0.15) is 0 Å². The van der Waals surface area contributed by atoms with Gasteiger partial charge in [-0.05, 0) is 47.7 Å². The highest BCUT2D eigenvalue weighted by Gasteiger charge is 2.13. The molecule has 2 aromatic rings. The second kappa shape index (κ2) is 8.04. The number of benzene rings is 2. The minimum atomic E-state index is -0.105. The molecule has 0 saturated heterocycles. The summed E-state index contributed by atoms with van der Waals surface area (Å²) in [5.41, 5.74) is 5.45. The number of nitrogens with zero attached hydrogens (tertiary/aromatic N) is 1. The number of amides is 2. The Labute approximate surface area is 154 Å². The summed E-state index contributed by atoms with van der Waals surface area (Å²) in [6.07, 6.45) is 2.60. The van der Waals surface area contributed by atoms with Crippen molar-refractivity contribution in [2.24, 2.45) is 0 Å². The Bertz CT molecular complexity index is 799. The van der Waals surface area contributed by atoms with Crippen LogP contribution >= 0.6 is 0 Å². The number of carbonyl (C=O) groups excluding carboxylic acids is 2. The lowest BCUT2D eigenvalue weighted by molar-refractivity contribution is -0.120. The maximum atomic E-state index is 12.2. The van der Waals surface area contributed by atoms with Crippen molar-refractivity contribution in [1.29, 1.82) is 0 Å². The van der Waals surface area contributed by atoms with Gasteiger partial charge in [-0.3, -0.25) is 9.59 Å². The SMILES string of the molecule is CC(=O)Nc1ccc(CC(=O)NCc2ccc3c(c2)CCCN3C)cc1. The first-order valence-corrected chi connectivity index (χ1v) is 8.97. The molecule has 5 nitrogen and oxygen atoms in total. The molecule has 1 heterocycles. The molecule has 0 aliphatic carbocycles. The van der Waals surface area contributed by atoms with Gasteiger partial charge in [0.15, 0.2) is 0 Å². The monoisotopic (exact) mass is 351 g/mol. The fourth-order valence-electron chi connectivity index (χ4n) is 3.31. The predicted octanol–water partition coefficient (Wildman–Crippen LogP) is 2.89. The lowest BCUT2D eigenvalue weighted by atomic mass is 9.99. The van der Waals surface area contributed by atoms with Gasteiger partial charge >= 0.3 is 0 Å². The molecule has 2 N–H and O–H groups in total. The van der Waals surface area contributed by atoms with Crippen LogP contribution < -0.4 is 15.5 Å². The quantitative estimate of drug-likeness (QED) is 0.871. The van der Waals surface area contributed by atoms with Crippen LogP contribution in [0.15, 0.2) is 42.5 Å². The Balaban J connectivity index is 1.53. The van der Waals surface area contributed by atoms with E-state index in [1.54, 1.807) is 0 Å². The number of nitrogens with one attached hydrogen (secondary N) is 2. The second-order valence-electron chi connectivity index (χ2n) is 6.82. The van der Waals surface area contributed by atoms with Gasteiger partial charge in [0, 0.05) is 38.4 Å². The topological polar surface area (TPSA) is 61.4 Å². The van der Waals surface area contributed by atoms with E-state index >= 15 is 0 Å². The van der Waals surface area contributed by atoms with Crippen LogP contribution in [0.25, 0.3) is 0 Å². The first-order valence-electron chi connectivity index (χ1n) is 8.97. The van der Waals surface area contributed by atoms with Crippen molar-refractivity contribution < 1.29 is 9.59 Å². The number of fused-ring (bicyclic) bond motifs is 1. The summed E-state index contributed by atoms with van der Waals surface area (Å²) in [6.45, 7) is 3.11. The Kier molecular flexibility index (Phi) is 5.56. The molecule has 0 aromatic heterocycles. The van der Waals surface area contributed by atoms with Gasteiger partial charge < -0.3 is 15.5 Å². The molecule has 5 heteroatoms. The highest BCUT2D eigenvalue weighted by Crippen LogP contribution is 2.26. The molecule has 26 heavy (non-hydrogen) atoms. The zero-order chi connectivity index (χ0) is 18.5. The molecule has 3 rings (SSSR count). The number of hydrogen-bond acceptors (Lipinski definition) is 3. The van der Waals surface area contributed by atoms with Gasteiger partial charge in [-0.1, -0.05) is 24.3 Å². The zero-order valence-electron chi connectivity index (χ0n) is 15.3. The van der Waals surface area contributed by atoms with E-state index < -0.39 is 0 Å². The largest absolute Gasteiger partial charge is 0.374 e. The van der Waals surface area contributed by atoms with E-state index in [9.17, 15) is 9.59 Å². The number of anilines is 2. The number of rotatable bonds is 5. The molecule has 0 bridgehead atoms. The fraction of sp³-hybridized carbons (Fsp3) is 0.333. The van der Waals surface area contributed by atoms with Crippen molar-refractivity contribution in [3.05, 3.63) is 59.2 Å². The van der Waals surface area contributed by atoms with E-state index in [4.69, 9.17) is 0 Å². The summed E-state index contributed by atoms with van der Waals surface area (Å²) in [7, 11) is 2.12. The first-order chi connectivity index (χ1) is 12.5. The van der Waals surface area contributed by atoms with Crippen LogP contribution in [0.4, 0.5) is 11.4 Å². The van der Waals surface area contributed by atoms with Crippen molar-refractivity contribution in [3.63, 3.8) is 0 Å². The average molecular weight is 351 g/mol. The van der Waals surface area contributed by atoms with Crippen LogP contribution in [0.1, 0.15) is 30.0 Å². The van der Waals surface area contributed by atoms with Crippen LogP contribution in [0.5, 0.6) is 0 Å². The third kappa shape index (κ3) is 4.63. The van der Waals surface area contributed by atoms with Gasteiger partial charge in [0.25, 0.3) is 0 Å². The molecule has 0 spiro atoms. The van der Waals surface area contributed by atoms with Crippen LogP contribution in [0.2, 0.25) is 0 Å². The second-order valence-corrected chi connectivity index (χ2v) is 6.82. The highest BCUT2D eigenvalue weighted by atomic mass is 16.2. The van der Waals surface area contributed by atoms with E-state index in [-0.39, 0.29) is 11.8 Å². The summed E-state index contributed by atoms with van der Waals surface area (Å²) >= 11 is 0. The molecule has 1 aliphatic rings. The summed E-state index contributed by atoms with van der Waals surface area (Å²) in [5.74, 6) is -0.112. The molecule has 0 radical (unpaired) electrons. The van der Waals surface area contributed by atoms with Gasteiger partial charge in [-0.25, -0.2) is 0 Å². The Morgan fingerprint density at radius 3 is 2.54 bits per heavy atom. The lowest BCUT2D eigenvalue weighted by Gasteiger charge is -2.27. The van der Waals surface area contributed by atoms with E-state index in [0.717, 1.165) is 29.8 Å². The van der Waals surface area contributed by atoms with Gasteiger partial charge in [0.2, 0.25) is 11.8 Å². The molecule has 136 valence electrons. The third-order valence-electron chi connectivity index (χ3n) is 4.62. The van der Waals surface area contributed by atoms with Crippen molar-refractivity contribution in [3.8, 4) is 0 Å². The van der Waals surface area contributed by atoms with Crippen LogP contribution in [-0.2, 0) is 29.0 Å². The van der Waals surface area contributed by atoms with Crippen molar-refractivity contribution in [2.75, 3.05) is 23.8 Å². The van der Waals surface area contributed by atoms with Gasteiger partial charge in [-0.15, -0.1) is 0 Å². The van der Waals surface area contributed by atoms with E-state index in [2.05, 4.69) is 40.8 Å². The Morgan fingerprint density at radius 1 is 1.08 bits per heavy atom.